The van der Waals surface area contributed by atoms with Crippen LogP contribution in [0.2, 0.25) is 0 Å². The Labute approximate surface area is 295 Å². The third-order valence-electron chi connectivity index (χ3n) is 10.9. The average molecular weight is 651 g/mol. The molecule has 0 radical (unpaired) electrons. The van der Waals surface area contributed by atoms with Crippen molar-refractivity contribution in [2.45, 2.75) is 19.3 Å². The van der Waals surface area contributed by atoms with Gasteiger partial charge >= 0.3 is 0 Å². The van der Waals surface area contributed by atoms with Crippen molar-refractivity contribution in [1.82, 2.24) is 9.13 Å². The first-order valence-corrected chi connectivity index (χ1v) is 17.2. The van der Waals surface area contributed by atoms with Gasteiger partial charge in [0.15, 0.2) is 0 Å². The zero-order valence-electron chi connectivity index (χ0n) is 28.1. The van der Waals surface area contributed by atoms with E-state index in [9.17, 15) is 10.5 Å². The Balaban J connectivity index is 1.15. The number of hydrogen-bond donors (Lipinski definition) is 0. The van der Waals surface area contributed by atoms with E-state index in [0.717, 1.165) is 55.4 Å². The van der Waals surface area contributed by atoms with Crippen molar-refractivity contribution in [2.75, 3.05) is 0 Å². The minimum atomic E-state index is -0.195. The fourth-order valence-corrected chi connectivity index (χ4v) is 8.53. The molecule has 1 aliphatic carbocycles. The maximum absolute atomic E-state index is 9.70. The fraction of sp³-hybridized carbons (Fsp3) is 0.0638. The van der Waals surface area contributed by atoms with Gasteiger partial charge in [-0.1, -0.05) is 80.6 Å². The first-order chi connectivity index (χ1) is 24.9. The molecular formula is C47H30N4. The third-order valence-corrected chi connectivity index (χ3v) is 10.9. The van der Waals surface area contributed by atoms with Crippen LogP contribution in [0.5, 0.6) is 0 Å². The van der Waals surface area contributed by atoms with Crippen LogP contribution in [-0.4, -0.2) is 9.13 Å². The van der Waals surface area contributed by atoms with Crippen LogP contribution in [-0.2, 0) is 5.41 Å². The average Bonchev–Trinajstić information content (AvgIpc) is 3.76. The largest absolute Gasteiger partial charge is 0.309 e. The topological polar surface area (TPSA) is 57.4 Å². The number of fused-ring (bicyclic) bond motifs is 9. The van der Waals surface area contributed by atoms with Crippen LogP contribution in [0.4, 0.5) is 0 Å². The predicted molar refractivity (Wildman–Crippen MR) is 208 cm³/mol. The van der Waals surface area contributed by atoms with Crippen molar-refractivity contribution in [2.24, 2.45) is 0 Å². The molecule has 0 amide bonds. The van der Waals surface area contributed by atoms with E-state index in [2.05, 4.69) is 163 Å². The minimum Gasteiger partial charge on any atom is -0.309 e. The van der Waals surface area contributed by atoms with E-state index in [1.54, 1.807) is 0 Å². The van der Waals surface area contributed by atoms with Crippen molar-refractivity contribution >= 4 is 43.6 Å². The Bertz CT molecular complexity index is 3030. The van der Waals surface area contributed by atoms with Gasteiger partial charge in [-0.25, -0.2) is 0 Å². The van der Waals surface area contributed by atoms with Gasteiger partial charge in [0.1, 0.15) is 0 Å². The number of hydrogen-bond acceptors (Lipinski definition) is 2. The van der Waals surface area contributed by atoms with Gasteiger partial charge in [0.2, 0.25) is 0 Å². The lowest BCUT2D eigenvalue weighted by atomic mass is 9.82. The molecule has 9 aromatic rings. The Morgan fingerprint density at radius 3 is 1.61 bits per heavy atom. The number of nitriles is 2. The summed E-state index contributed by atoms with van der Waals surface area (Å²) in [5.74, 6) is 0. The van der Waals surface area contributed by atoms with Crippen LogP contribution < -0.4 is 0 Å². The van der Waals surface area contributed by atoms with Crippen LogP contribution in [0.1, 0.15) is 36.1 Å². The lowest BCUT2D eigenvalue weighted by Gasteiger charge is -2.22. The maximum atomic E-state index is 9.70. The van der Waals surface area contributed by atoms with E-state index in [-0.39, 0.29) is 5.41 Å². The Morgan fingerprint density at radius 1 is 0.431 bits per heavy atom. The molecule has 4 heteroatoms. The fourth-order valence-electron chi connectivity index (χ4n) is 8.53. The van der Waals surface area contributed by atoms with Crippen molar-refractivity contribution < 1.29 is 0 Å². The summed E-state index contributed by atoms with van der Waals surface area (Å²) in [6.45, 7) is 4.57. The van der Waals surface area contributed by atoms with Gasteiger partial charge < -0.3 is 9.13 Å². The lowest BCUT2D eigenvalue weighted by Crippen LogP contribution is -2.15. The number of aromatic nitrogens is 2. The summed E-state index contributed by atoms with van der Waals surface area (Å²) in [5, 5.41) is 23.9. The maximum Gasteiger partial charge on any atom is 0.0991 e. The normalized spacial score (nSPS) is 13.0. The molecular weight excluding hydrogens is 621 g/mol. The molecule has 0 unspecified atom stereocenters. The standard InChI is InChI=1S/C47H30N4/c1-47(2)41-19-17-29(27-48)21-37(41)38-25-40-36-14-4-6-16-44(36)51(46(40)26-42(38)47)34-12-8-10-32(24-34)31-9-7-11-33(23-31)50-43-15-5-3-13-35(43)39-22-30(28-49)18-20-45(39)50/h3-26H,1-2H3. The molecule has 10 rings (SSSR count). The van der Waals surface area contributed by atoms with Gasteiger partial charge in [0, 0.05) is 38.3 Å². The van der Waals surface area contributed by atoms with Crippen molar-refractivity contribution in [3.63, 3.8) is 0 Å². The van der Waals surface area contributed by atoms with Crippen molar-refractivity contribution in [1.29, 1.82) is 10.5 Å². The van der Waals surface area contributed by atoms with Gasteiger partial charge in [0.05, 0.1) is 45.3 Å². The molecule has 4 nitrogen and oxygen atoms in total. The highest BCUT2D eigenvalue weighted by atomic mass is 15.0. The second-order valence-electron chi connectivity index (χ2n) is 14.1. The second-order valence-corrected chi connectivity index (χ2v) is 14.1. The summed E-state index contributed by atoms with van der Waals surface area (Å²) in [4.78, 5) is 0. The van der Waals surface area contributed by atoms with Crippen LogP contribution in [0.3, 0.4) is 0 Å². The zero-order valence-corrected chi connectivity index (χ0v) is 28.1. The molecule has 0 bridgehead atoms. The molecule has 2 heterocycles. The number of benzene rings is 7. The van der Waals surface area contributed by atoms with Crippen LogP contribution >= 0.6 is 0 Å². The quantitative estimate of drug-likeness (QED) is 0.191. The molecule has 0 saturated carbocycles. The summed E-state index contributed by atoms with van der Waals surface area (Å²) < 4.78 is 4.70. The first-order valence-electron chi connectivity index (χ1n) is 17.2. The van der Waals surface area contributed by atoms with E-state index in [1.807, 2.05) is 18.2 Å². The monoisotopic (exact) mass is 650 g/mol. The van der Waals surface area contributed by atoms with Gasteiger partial charge in [0.25, 0.3) is 0 Å². The number of rotatable bonds is 3. The van der Waals surface area contributed by atoms with Gasteiger partial charge in [-0.15, -0.1) is 0 Å². The number of nitrogens with zero attached hydrogens (tertiary/aromatic N) is 4. The molecule has 7 aromatic carbocycles. The molecule has 0 aliphatic heterocycles. The molecule has 2 aromatic heterocycles. The Hall–Kier alpha value is -6.88. The highest BCUT2D eigenvalue weighted by Crippen LogP contribution is 2.51. The number of para-hydroxylation sites is 2. The van der Waals surface area contributed by atoms with E-state index in [0.29, 0.717) is 11.1 Å². The summed E-state index contributed by atoms with van der Waals surface area (Å²) in [5.41, 5.74) is 15.0. The van der Waals surface area contributed by atoms with Crippen molar-refractivity contribution in [3.8, 4) is 45.8 Å². The van der Waals surface area contributed by atoms with Gasteiger partial charge in [-0.05, 0) is 112 Å². The molecule has 0 N–H and O–H groups in total. The van der Waals surface area contributed by atoms with Crippen LogP contribution in [0.25, 0.3) is 77.2 Å². The third kappa shape index (κ3) is 4.11. The predicted octanol–water partition coefficient (Wildman–Crippen LogP) is 11.6. The molecule has 238 valence electrons. The smallest absolute Gasteiger partial charge is 0.0991 e. The van der Waals surface area contributed by atoms with E-state index in [4.69, 9.17) is 0 Å². The molecule has 0 fully saturated rings. The minimum absolute atomic E-state index is 0.195. The molecule has 0 spiro atoms. The lowest BCUT2D eigenvalue weighted by molar-refractivity contribution is 0.661. The molecule has 51 heavy (non-hydrogen) atoms. The molecule has 0 atom stereocenters. The van der Waals surface area contributed by atoms with E-state index >= 15 is 0 Å². The van der Waals surface area contributed by atoms with Crippen LogP contribution in [0, 0.1) is 22.7 Å². The Kier molecular flexibility index (Phi) is 6.02. The summed E-state index contributed by atoms with van der Waals surface area (Å²) in [6.07, 6.45) is 0. The Morgan fingerprint density at radius 2 is 0.961 bits per heavy atom. The summed E-state index contributed by atoms with van der Waals surface area (Å²) in [7, 11) is 0. The van der Waals surface area contributed by atoms with Crippen LogP contribution in [0.15, 0.2) is 146 Å². The zero-order chi connectivity index (χ0) is 34.4. The van der Waals surface area contributed by atoms with Crippen molar-refractivity contribution in [3.05, 3.63) is 168 Å². The summed E-state index contributed by atoms with van der Waals surface area (Å²) in [6, 6.07) is 56.0. The second kappa shape index (κ2) is 10.6. The molecule has 1 aliphatic rings. The van der Waals surface area contributed by atoms with Gasteiger partial charge in [-0.3, -0.25) is 0 Å². The summed E-state index contributed by atoms with van der Waals surface area (Å²) >= 11 is 0. The highest BCUT2D eigenvalue weighted by Gasteiger charge is 2.36. The molecule has 0 saturated heterocycles. The first kappa shape index (κ1) is 29.1. The van der Waals surface area contributed by atoms with E-state index in [1.165, 1.54) is 33.0 Å². The van der Waals surface area contributed by atoms with E-state index < -0.39 is 0 Å². The van der Waals surface area contributed by atoms with Gasteiger partial charge in [-0.2, -0.15) is 10.5 Å². The highest BCUT2D eigenvalue weighted by molar-refractivity contribution is 6.12. The SMILES string of the molecule is CC1(C)c2ccc(C#N)cc2-c2cc3c4ccccc4n(-c4cccc(-c5cccc(-n6c7ccccc7c7cc(C#N)ccc76)c5)c4)c3cc21.